The normalized spacial score (nSPS) is 18.7. The van der Waals surface area contributed by atoms with E-state index in [1.54, 1.807) is 12.1 Å². The highest BCUT2D eigenvalue weighted by Crippen LogP contribution is 2.36. The third kappa shape index (κ3) is 3.96. The van der Waals surface area contributed by atoms with Crippen LogP contribution in [0.4, 0.5) is 10.1 Å². The average molecular weight is 424 g/mol. The molecule has 1 aliphatic rings. The third-order valence-corrected chi connectivity index (χ3v) is 5.50. The smallest absolute Gasteiger partial charge is 0.313 e. The first-order valence-electron chi connectivity index (χ1n) is 9.83. The molecule has 9 nitrogen and oxygen atoms in total. The van der Waals surface area contributed by atoms with Crippen LogP contribution in [-0.2, 0) is 9.59 Å². The predicted molar refractivity (Wildman–Crippen MR) is 110 cm³/mol. The lowest BCUT2D eigenvalue weighted by molar-refractivity contribution is -0.146. The van der Waals surface area contributed by atoms with Gasteiger partial charge in [0.15, 0.2) is 0 Å². The lowest BCUT2D eigenvalue weighted by atomic mass is 9.89. The molecule has 1 aromatic carbocycles. The number of aromatic amines is 1. The van der Waals surface area contributed by atoms with Crippen LogP contribution in [0.5, 0.6) is 0 Å². The van der Waals surface area contributed by atoms with Crippen molar-refractivity contribution in [3.05, 3.63) is 53.7 Å². The number of nitrogens with one attached hydrogen (secondary N) is 2. The van der Waals surface area contributed by atoms with Gasteiger partial charge < -0.3 is 16.0 Å². The van der Waals surface area contributed by atoms with E-state index in [2.05, 4.69) is 20.5 Å². The Kier molecular flexibility index (Phi) is 5.37. The second-order valence-electron chi connectivity index (χ2n) is 7.74. The van der Waals surface area contributed by atoms with E-state index >= 15 is 4.39 Å². The summed E-state index contributed by atoms with van der Waals surface area (Å²) in [6.07, 6.45) is 5.29. The quantitative estimate of drug-likeness (QED) is 0.554. The van der Waals surface area contributed by atoms with Crippen molar-refractivity contribution in [2.75, 3.05) is 11.9 Å². The van der Waals surface area contributed by atoms with Crippen LogP contribution in [0.25, 0.3) is 10.9 Å². The van der Waals surface area contributed by atoms with Crippen molar-refractivity contribution in [3.8, 4) is 0 Å². The molecule has 31 heavy (non-hydrogen) atoms. The van der Waals surface area contributed by atoms with Crippen LogP contribution in [0.3, 0.4) is 0 Å². The summed E-state index contributed by atoms with van der Waals surface area (Å²) in [6.45, 7) is 2.30. The second kappa shape index (κ2) is 8.13. The maximum atomic E-state index is 15.1. The molecule has 10 heteroatoms. The zero-order valence-electron chi connectivity index (χ0n) is 16.8. The van der Waals surface area contributed by atoms with Crippen LogP contribution in [0.1, 0.15) is 41.7 Å². The lowest BCUT2D eigenvalue weighted by Crippen LogP contribution is -2.46. The standard InChI is InChI=1S/C21H21FN6O3/c1-11-2-5-17(14-3-4-16-15(18(14)22)9-25-27-16)28(10-11)21(31)20(30)26-13-6-12(19(23)29)7-24-8-13/h3-4,6-9,11,17H,2,5,10H2,1H3,(H2,23,29)(H,25,27)(H,26,30)/t11-,17?/m0/s1. The molecular weight excluding hydrogens is 403 g/mol. The minimum atomic E-state index is -0.896. The fourth-order valence-corrected chi connectivity index (χ4v) is 3.92. The molecule has 0 spiro atoms. The summed E-state index contributed by atoms with van der Waals surface area (Å²) in [5.74, 6) is -2.68. The molecular formula is C21H21FN6O3. The Hall–Kier alpha value is -3.82. The summed E-state index contributed by atoms with van der Waals surface area (Å²) in [5, 5.41) is 9.36. The van der Waals surface area contributed by atoms with E-state index < -0.39 is 29.6 Å². The van der Waals surface area contributed by atoms with Gasteiger partial charge in [0.25, 0.3) is 0 Å². The molecule has 4 rings (SSSR count). The van der Waals surface area contributed by atoms with Gasteiger partial charge in [-0.15, -0.1) is 0 Å². The van der Waals surface area contributed by atoms with Crippen molar-refractivity contribution in [2.24, 2.45) is 11.7 Å². The number of primary amides is 1. The van der Waals surface area contributed by atoms with Crippen LogP contribution in [-0.4, -0.2) is 44.3 Å². The van der Waals surface area contributed by atoms with Crippen LogP contribution >= 0.6 is 0 Å². The number of anilines is 1. The highest BCUT2D eigenvalue weighted by molar-refractivity contribution is 6.39. The number of fused-ring (bicyclic) bond motifs is 1. The van der Waals surface area contributed by atoms with E-state index in [9.17, 15) is 14.4 Å². The number of piperidine rings is 1. The second-order valence-corrected chi connectivity index (χ2v) is 7.74. The molecule has 0 bridgehead atoms. The molecule has 1 saturated heterocycles. The van der Waals surface area contributed by atoms with E-state index in [1.165, 1.54) is 29.6 Å². The number of H-pyrrole nitrogens is 1. The summed E-state index contributed by atoms with van der Waals surface area (Å²) in [7, 11) is 0. The SMILES string of the molecule is C[C@H]1CCC(c2ccc3[nH]ncc3c2F)N(C(=O)C(=O)Nc2cncc(C(N)=O)c2)C1. The lowest BCUT2D eigenvalue weighted by Gasteiger charge is -2.38. The summed E-state index contributed by atoms with van der Waals surface area (Å²) < 4.78 is 15.1. The number of hydrogen-bond acceptors (Lipinski definition) is 5. The zero-order valence-corrected chi connectivity index (χ0v) is 16.8. The van der Waals surface area contributed by atoms with Gasteiger partial charge >= 0.3 is 11.8 Å². The average Bonchev–Trinajstić information content (AvgIpc) is 3.24. The summed E-state index contributed by atoms with van der Waals surface area (Å²) in [5.41, 5.74) is 6.40. The van der Waals surface area contributed by atoms with Gasteiger partial charge in [-0.2, -0.15) is 5.10 Å². The number of carbonyl (C=O) groups is 3. The van der Waals surface area contributed by atoms with Gasteiger partial charge in [-0.3, -0.25) is 24.5 Å². The number of likely N-dealkylation sites (tertiary alicyclic amines) is 1. The van der Waals surface area contributed by atoms with E-state index in [0.29, 0.717) is 29.4 Å². The molecule has 3 heterocycles. The fraction of sp³-hybridized carbons (Fsp3) is 0.286. The minimum Gasteiger partial charge on any atom is -0.366 e. The maximum Gasteiger partial charge on any atom is 0.313 e. The number of benzene rings is 1. The van der Waals surface area contributed by atoms with E-state index in [4.69, 9.17) is 5.73 Å². The molecule has 2 aromatic heterocycles. The Morgan fingerprint density at radius 2 is 2.03 bits per heavy atom. The summed E-state index contributed by atoms with van der Waals surface area (Å²) in [6, 6.07) is 4.09. The Morgan fingerprint density at radius 3 is 2.81 bits per heavy atom. The number of nitrogens with zero attached hydrogens (tertiary/aromatic N) is 3. The zero-order chi connectivity index (χ0) is 22.1. The van der Waals surface area contributed by atoms with Gasteiger partial charge in [0.05, 0.1) is 40.6 Å². The van der Waals surface area contributed by atoms with Gasteiger partial charge in [-0.1, -0.05) is 13.0 Å². The Labute approximate surface area is 176 Å². The van der Waals surface area contributed by atoms with Crippen LogP contribution in [0.15, 0.2) is 36.8 Å². The van der Waals surface area contributed by atoms with Crippen LogP contribution in [0.2, 0.25) is 0 Å². The summed E-state index contributed by atoms with van der Waals surface area (Å²) >= 11 is 0. The van der Waals surface area contributed by atoms with E-state index in [1.807, 2.05) is 6.92 Å². The first-order valence-corrected chi connectivity index (χ1v) is 9.83. The topological polar surface area (TPSA) is 134 Å². The van der Waals surface area contributed by atoms with Crippen molar-refractivity contribution >= 4 is 34.3 Å². The molecule has 1 aliphatic heterocycles. The molecule has 3 amide bonds. The summed E-state index contributed by atoms with van der Waals surface area (Å²) in [4.78, 5) is 42.3. The predicted octanol–water partition coefficient (Wildman–Crippen LogP) is 2.13. The van der Waals surface area contributed by atoms with E-state index in [-0.39, 0.29) is 17.2 Å². The Morgan fingerprint density at radius 1 is 1.23 bits per heavy atom. The monoisotopic (exact) mass is 424 g/mol. The minimum absolute atomic E-state index is 0.102. The van der Waals surface area contributed by atoms with Gasteiger partial charge in [0, 0.05) is 18.3 Å². The molecule has 160 valence electrons. The number of carbonyl (C=O) groups excluding carboxylic acids is 3. The van der Waals surface area contributed by atoms with E-state index in [0.717, 1.165) is 6.42 Å². The first kappa shape index (κ1) is 20.5. The van der Waals surface area contributed by atoms with Crippen molar-refractivity contribution in [1.82, 2.24) is 20.1 Å². The third-order valence-electron chi connectivity index (χ3n) is 5.50. The van der Waals surface area contributed by atoms with Gasteiger partial charge in [0.1, 0.15) is 5.82 Å². The number of pyridine rings is 1. The highest BCUT2D eigenvalue weighted by Gasteiger charge is 2.36. The van der Waals surface area contributed by atoms with Crippen molar-refractivity contribution in [3.63, 3.8) is 0 Å². The molecule has 1 unspecified atom stereocenters. The first-order chi connectivity index (χ1) is 14.8. The molecule has 0 saturated carbocycles. The highest BCUT2D eigenvalue weighted by atomic mass is 19.1. The molecule has 1 fully saturated rings. The number of nitrogens with two attached hydrogens (primary N) is 1. The number of hydrogen-bond donors (Lipinski definition) is 3. The number of amides is 3. The number of rotatable bonds is 3. The Balaban J connectivity index is 1.60. The molecule has 3 aromatic rings. The molecule has 0 radical (unpaired) electrons. The fourth-order valence-electron chi connectivity index (χ4n) is 3.92. The largest absolute Gasteiger partial charge is 0.366 e. The number of aromatic nitrogens is 3. The van der Waals surface area contributed by atoms with Crippen LogP contribution in [0, 0.1) is 11.7 Å². The molecule has 0 aliphatic carbocycles. The molecule has 4 N–H and O–H groups in total. The molecule has 2 atom stereocenters. The Bertz CT molecular complexity index is 1180. The maximum absolute atomic E-state index is 15.1. The van der Waals surface area contributed by atoms with Gasteiger partial charge in [-0.25, -0.2) is 4.39 Å². The van der Waals surface area contributed by atoms with Crippen molar-refractivity contribution < 1.29 is 18.8 Å². The number of halogens is 1. The van der Waals surface area contributed by atoms with Crippen molar-refractivity contribution in [1.29, 1.82) is 0 Å². The van der Waals surface area contributed by atoms with Crippen molar-refractivity contribution in [2.45, 2.75) is 25.8 Å². The van der Waals surface area contributed by atoms with Gasteiger partial charge in [0.2, 0.25) is 5.91 Å². The van der Waals surface area contributed by atoms with Crippen LogP contribution < -0.4 is 11.1 Å². The van der Waals surface area contributed by atoms with Gasteiger partial charge in [-0.05, 0) is 30.9 Å².